The Kier molecular flexibility index (Phi) is 10.6. The smallest absolute Gasteiger partial charge is 0.0688 e. The molecule has 74 heavy (non-hydrogen) atoms. The van der Waals surface area contributed by atoms with Crippen LogP contribution in [-0.2, 0) is 37.4 Å². The predicted molar refractivity (Wildman–Crippen MR) is 295 cm³/mol. The topological polar surface area (TPSA) is 19.4 Å². The molecule has 1 aromatic heterocycles. The molecule has 0 fully saturated rings. The van der Waals surface area contributed by atoms with Crippen molar-refractivity contribution in [1.29, 1.82) is 0 Å². The minimum atomic E-state index is -0.823. The Labute approximate surface area is 449 Å². The van der Waals surface area contributed by atoms with Gasteiger partial charge in [0, 0.05) is 32.7 Å². The van der Waals surface area contributed by atoms with Crippen LogP contribution in [0.3, 0.4) is 0 Å². The monoisotopic (exact) mass is 1130 g/mol. The minimum absolute atomic E-state index is 0. The van der Waals surface area contributed by atoms with E-state index in [9.17, 15) is 0 Å². The summed E-state index contributed by atoms with van der Waals surface area (Å²) < 4.78 is 0. The quantitative estimate of drug-likeness (QED) is 0.148. The van der Waals surface area contributed by atoms with Gasteiger partial charge >= 0.3 is 0 Å². The molecule has 4 aliphatic rings. The van der Waals surface area contributed by atoms with Crippen LogP contribution in [0.4, 0.5) is 0 Å². The Balaban J connectivity index is 0.00000528. The van der Waals surface area contributed by atoms with Crippen LogP contribution in [0.25, 0.3) is 44.5 Å². The average Bonchev–Trinajstić information content (AvgIpc) is 4.11. The van der Waals surface area contributed by atoms with Crippen molar-refractivity contribution in [2.75, 3.05) is 7.05 Å². The molecule has 0 radical (unpaired) electrons. The molecule has 14 rings (SSSR count). The van der Waals surface area contributed by atoms with Crippen LogP contribution in [0.5, 0.6) is 0 Å². The predicted octanol–water partition coefficient (Wildman–Crippen LogP) is 15.6. The second kappa shape index (κ2) is 17.1. The number of hydrogen-bond acceptors (Lipinski definition) is 3. The maximum absolute atomic E-state index is 5.44. The normalized spacial score (nSPS) is 15.7. The van der Waals surface area contributed by atoms with Crippen LogP contribution in [0.1, 0.15) is 86.3 Å². The van der Waals surface area contributed by atoms with Gasteiger partial charge in [-0.3, -0.25) is 4.98 Å². The van der Waals surface area contributed by atoms with Crippen molar-refractivity contribution in [1.82, 2.24) is 14.8 Å². The summed E-state index contributed by atoms with van der Waals surface area (Å²) >= 11 is 0. The van der Waals surface area contributed by atoms with E-state index < -0.39 is 16.4 Å². The molecule has 0 spiro atoms. The number of nitrogens with zero attached hydrogens (tertiary/aromatic N) is 3. The number of benzene rings is 9. The molecule has 2 heterocycles. The fraction of sp³-hybridized carbons (Fsp3) is 0.114. The Bertz CT molecular complexity index is 3800. The minimum Gasteiger partial charge on any atom is -0.508 e. The number of aryl methyl sites for hydroxylation is 2. The zero-order valence-electron chi connectivity index (χ0n) is 42.0. The summed E-state index contributed by atoms with van der Waals surface area (Å²) in [6.45, 7) is 11.2. The first-order chi connectivity index (χ1) is 35.8. The van der Waals surface area contributed by atoms with E-state index in [4.69, 9.17) is 4.98 Å². The van der Waals surface area contributed by atoms with Crippen molar-refractivity contribution in [3.05, 3.63) is 321 Å². The van der Waals surface area contributed by atoms with Crippen LogP contribution >= 0.6 is 0 Å². The SMILES string of the molecule is CC1=C(C)N(C2(c3[c-]c(C4(c5[c-]c(C6(c7cc(-c8c(C)cccc8C)ccn7)c7ccccc7-c7ccccc76)ccc5)c5ccccc5-c5ccccc54)ccc3)c3ccccc3-c3ccccc32)[CH-]N1C.[Pt]. The number of allylic oxidation sites excluding steroid dienone is 2. The van der Waals surface area contributed by atoms with E-state index in [1.165, 1.54) is 94.8 Å². The Morgan fingerprint density at radius 2 is 0.784 bits per heavy atom. The van der Waals surface area contributed by atoms with Crippen molar-refractivity contribution < 1.29 is 21.1 Å². The Morgan fingerprint density at radius 1 is 0.405 bits per heavy atom. The van der Waals surface area contributed by atoms with Gasteiger partial charge in [0.25, 0.3) is 0 Å². The largest absolute Gasteiger partial charge is 0.508 e. The molecule has 0 bridgehead atoms. The average molecular weight is 1130 g/mol. The number of hydrogen-bond donors (Lipinski definition) is 0. The summed E-state index contributed by atoms with van der Waals surface area (Å²) in [5.41, 5.74) is 24.9. The van der Waals surface area contributed by atoms with Gasteiger partial charge in [0.15, 0.2) is 0 Å². The summed E-state index contributed by atoms with van der Waals surface area (Å²) in [5.74, 6) is 0. The summed E-state index contributed by atoms with van der Waals surface area (Å²) in [4.78, 5) is 10.2. The molecule has 0 amide bonds. The zero-order valence-corrected chi connectivity index (χ0v) is 44.3. The second-order valence-electron chi connectivity index (χ2n) is 20.4. The standard InChI is InChI=1S/C70H52N3.Pt/c1-45-21-18-22-46(2)67(45)49-39-40-71-66(41-49)69(62-35-14-8-29-56(62)57-30-9-15-36-63(57)69)52-25-19-23-50(42-52)68(60-33-12-6-27-54(60)55-28-7-13-34-61(55)68)51-24-20-26-53(43-51)70(73-44-72(5)47(3)48(73)4)64-37-16-10-31-58(64)59-32-11-17-38-65(59)70;/h6-41,44H,1-5H3;/q-3;. The number of pyridine rings is 1. The van der Waals surface area contributed by atoms with E-state index in [2.05, 4.69) is 276 Å². The zero-order chi connectivity index (χ0) is 49.2. The van der Waals surface area contributed by atoms with Gasteiger partial charge < -0.3 is 9.80 Å². The van der Waals surface area contributed by atoms with Gasteiger partial charge in [-0.25, -0.2) is 0 Å². The molecular weight excluding hydrogens is 1080 g/mol. The van der Waals surface area contributed by atoms with Crippen molar-refractivity contribution in [3.63, 3.8) is 0 Å². The van der Waals surface area contributed by atoms with Gasteiger partial charge in [0.1, 0.15) is 0 Å². The molecule has 0 saturated heterocycles. The van der Waals surface area contributed by atoms with Gasteiger partial charge in [-0.2, -0.15) is 55.2 Å². The van der Waals surface area contributed by atoms with Gasteiger partial charge in [0.2, 0.25) is 0 Å². The van der Waals surface area contributed by atoms with Crippen LogP contribution in [0.2, 0.25) is 0 Å². The first-order valence-corrected chi connectivity index (χ1v) is 25.5. The van der Waals surface area contributed by atoms with Gasteiger partial charge in [-0.1, -0.05) is 164 Å². The van der Waals surface area contributed by atoms with Crippen molar-refractivity contribution >= 4 is 0 Å². The van der Waals surface area contributed by atoms with Crippen molar-refractivity contribution in [3.8, 4) is 44.5 Å². The molecule has 0 unspecified atom stereocenters. The van der Waals surface area contributed by atoms with Gasteiger partial charge in [-0.15, -0.1) is 22.3 Å². The van der Waals surface area contributed by atoms with E-state index in [0.29, 0.717) is 0 Å². The van der Waals surface area contributed by atoms with Crippen LogP contribution in [0.15, 0.2) is 230 Å². The van der Waals surface area contributed by atoms with E-state index in [1.807, 2.05) is 6.20 Å². The molecule has 0 saturated carbocycles. The van der Waals surface area contributed by atoms with E-state index in [-0.39, 0.29) is 21.1 Å². The molecule has 4 heteroatoms. The van der Waals surface area contributed by atoms with E-state index in [1.54, 1.807) is 0 Å². The third-order valence-electron chi connectivity index (χ3n) is 17.0. The first kappa shape index (κ1) is 46.0. The fourth-order valence-corrected chi connectivity index (χ4v) is 13.8. The molecule has 0 N–H and O–H groups in total. The van der Waals surface area contributed by atoms with Crippen LogP contribution in [0, 0.1) is 32.6 Å². The van der Waals surface area contributed by atoms with E-state index in [0.717, 1.165) is 33.5 Å². The number of rotatable bonds is 7. The second-order valence-corrected chi connectivity index (χ2v) is 20.4. The summed E-state index contributed by atoms with van der Waals surface area (Å²) in [6, 6.07) is 87.6. The van der Waals surface area contributed by atoms with Crippen molar-refractivity contribution in [2.24, 2.45) is 0 Å². The van der Waals surface area contributed by atoms with Crippen LogP contribution < -0.4 is 0 Å². The first-order valence-electron chi connectivity index (χ1n) is 25.5. The molecule has 1 aliphatic heterocycles. The molecular formula is C70H52N3Pt-3. The molecule has 0 atom stereocenters. The Morgan fingerprint density at radius 3 is 1.24 bits per heavy atom. The molecule has 9 aromatic carbocycles. The molecule has 3 nitrogen and oxygen atoms in total. The maximum atomic E-state index is 5.44. The molecule has 360 valence electrons. The van der Waals surface area contributed by atoms with Crippen molar-refractivity contribution in [2.45, 2.75) is 44.1 Å². The third-order valence-corrected chi connectivity index (χ3v) is 17.0. The number of fused-ring (bicyclic) bond motifs is 9. The summed E-state index contributed by atoms with van der Waals surface area (Å²) in [5, 5.41) is 0. The van der Waals surface area contributed by atoms with Gasteiger partial charge in [0.05, 0.1) is 16.6 Å². The Hall–Kier alpha value is -7.84. The maximum Gasteiger partial charge on any atom is 0.0688 e. The molecule has 10 aromatic rings. The summed E-state index contributed by atoms with van der Waals surface area (Å²) in [6.07, 6.45) is 2.01. The fourth-order valence-electron chi connectivity index (χ4n) is 13.8. The third kappa shape index (κ3) is 6.02. The van der Waals surface area contributed by atoms with E-state index >= 15 is 0 Å². The number of aromatic nitrogens is 1. The molecule has 3 aliphatic carbocycles. The van der Waals surface area contributed by atoms with Gasteiger partial charge in [-0.05, 0) is 147 Å². The summed E-state index contributed by atoms with van der Waals surface area (Å²) in [7, 11) is 2.16. The van der Waals surface area contributed by atoms with Crippen LogP contribution in [-0.4, -0.2) is 21.8 Å².